The fourth-order valence-electron chi connectivity index (χ4n) is 2.63. The second kappa shape index (κ2) is 9.22. The van der Waals surface area contributed by atoms with Gasteiger partial charge in [0.25, 0.3) is 21.3 Å². The van der Waals surface area contributed by atoms with Crippen molar-refractivity contribution in [2.75, 3.05) is 0 Å². The molecular weight excluding hydrogens is 609 g/mol. The summed E-state index contributed by atoms with van der Waals surface area (Å²) in [7, 11) is -5.46. The molecule has 0 saturated heterocycles. The predicted molar refractivity (Wildman–Crippen MR) is 85.7 cm³/mol. The molecule has 4 N–H and O–H groups in total. The van der Waals surface area contributed by atoms with Crippen molar-refractivity contribution in [3.63, 3.8) is 0 Å². The summed E-state index contributed by atoms with van der Waals surface area (Å²) in [4.78, 5) is -1.65. The Morgan fingerprint density at radius 1 is 0.684 bits per heavy atom. The second-order valence-corrected chi connectivity index (χ2v) is 8.21. The van der Waals surface area contributed by atoms with E-state index < -0.39 is 86.0 Å². The monoisotopic (exact) mass is 616 g/mol. The van der Waals surface area contributed by atoms with Crippen LogP contribution in [0.2, 0.25) is 0 Å². The van der Waals surface area contributed by atoms with Gasteiger partial charge in [-0.1, -0.05) is 0 Å². The van der Waals surface area contributed by atoms with E-state index in [1.165, 1.54) is 0 Å². The molecule has 220 valence electrons. The van der Waals surface area contributed by atoms with Gasteiger partial charge < -0.3 is 20.1 Å². The smallest absolute Gasteiger partial charge is 0.449 e. The van der Waals surface area contributed by atoms with Gasteiger partial charge in [-0.3, -0.25) is 4.55 Å². The van der Waals surface area contributed by atoms with E-state index in [0.717, 1.165) is 0 Å². The maximum absolute atomic E-state index is 13.6. The Labute approximate surface area is 198 Å². The van der Waals surface area contributed by atoms with E-state index in [0.29, 0.717) is 0 Å². The van der Waals surface area contributed by atoms with Gasteiger partial charge in [0.05, 0.1) is 5.57 Å². The first-order valence-corrected chi connectivity index (χ1v) is 9.81. The lowest BCUT2D eigenvalue weighted by Crippen LogP contribution is -2.70. The van der Waals surface area contributed by atoms with E-state index >= 15 is 0 Å². The number of hydrogen-bond donors (Lipinski definition) is 4. The lowest BCUT2D eigenvalue weighted by Gasteiger charge is -2.43. The van der Waals surface area contributed by atoms with Crippen LogP contribution in [0.5, 0.6) is 11.5 Å². The molecule has 0 unspecified atom stereocenters. The van der Waals surface area contributed by atoms with Crippen molar-refractivity contribution in [1.82, 2.24) is 0 Å². The Morgan fingerprint density at radius 3 is 1.26 bits per heavy atom. The van der Waals surface area contributed by atoms with Crippen LogP contribution in [0.15, 0.2) is 34.4 Å². The molecule has 0 aromatic heterocycles. The highest BCUT2D eigenvalue weighted by molar-refractivity contribution is 7.86. The van der Waals surface area contributed by atoms with Gasteiger partial charge in [0.2, 0.25) is 5.76 Å². The van der Waals surface area contributed by atoms with E-state index in [9.17, 15) is 89.6 Å². The number of aliphatic hydroxyl groups is 2. The molecule has 0 radical (unpaired) electrons. The number of aromatic hydroxyl groups is 1. The van der Waals surface area contributed by atoms with Gasteiger partial charge in [-0.15, -0.1) is 0 Å². The molecule has 23 heteroatoms. The first-order chi connectivity index (χ1) is 16.3. The quantitative estimate of drug-likeness (QED) is 0.218. The summed E-state index contributed by atoms with van der Waals surface area (Å²) < 4.78 is 234. The van der Waals surface area contributed by atoms with Crippen molar-refractivity contribution in [2.24, 2.45) is 0 Å². The molecule has 0 aliphatic rings. The zero-order chi connectivity index (χ0) is 30.7. The van der Waals surface area contributed by atoms with Crippen LogP contribution in [0.25, 0.3) is 0 Å². The third kappa shape index (κ3) is 5.68. The molecular formula is C15H7F15O7S. The van der Waals surface area contributed by atoms with Gasteiger partial charge in [-0.05, 0) is 12.1 Å². The third-order valence-electron chi connectivity index (χ3n) is 4.28. The standard InChI is InChI=1S/C15H7F15O7S/c16-11(17,18)8(37-4-1-2-6(5(31)3-4)38(34,35)36)7(9(32,12(19,20)21)13(22,23)24)10(33,14(25,26)27)15(28,29)30/h1-3,31-33H,(H,34,35,36). The number of rotatable bonds is 5. The van der Waals surface area contributed by atoms with Gasteiger partial charge in [-0.25, -0.2) is 0 Å². The maximum atomic E-state index is 13.6. The van der Waals surface area contributed by atoms with Crippen LogP contribution in [0.1, 0.15) is 0 Å². The van der Waals surface area contributed by atoms with Crippen LogP contribution in [0.3, 0.4) is 0 Å². The zero-order valence-electron chi connectivity index (χ0n) is 16.8. The summed E-state index contributed by atoms with van der Waals surface area (Å²) in [6.07, 6.45) is -38.9. The number of phenols is 1. The van der Waals surface area contributed by atoms with Gasteiger partial charge >= 0.3 is 30.9 Å². The van der Waals surface area contributed by atoms with Crippen LogP contribution in [0.4, 0.5) is 65.9 Å². The van der Waals surface area contributed by atoms with E-state index in [-0.39, 0.29) is 12.1 Å². The Bertz CT molecular complexity index is 1120. The minimum atomic E-state index is -7.90. The first-order valence-electron chi connectivity index (χ1n) is 8.37. The summed E-state index contributed by atoms with van der Waals surface area (Å²) in [6, 6.07) is -1.02. The van der Waals surface area contributed by atoms with E-state index in [1.807, 2.05) is 0 Å². The van der Waals surface area contributed by atoms with Crippen molar-refractivity contribution >= 4 is 10.1 Å². The van der Waals surface area contributed by atoms with Crippen LogP contribution in [-0.4, -0.2) is 70.4 Å². The van der Waals surface area contributed by atoms with E-state index in [1.54, 1.807) is 0 Å². The van der Waals surface area contributed by atoms with E-state index in [2.05, 4.69) is 4.74 Å². The van der Waals surface area contributed by atoms with Gasteiger partial charge in [0, 0.05) is 6.07 Å². The molecule has 38 heavy (non-hydrogen) atoms. The molecule has 0 aliphatic carbocycles. The van der Waals surface area contributed by atoms with Crippen molar-refractivity contribution in [3.8, 4) is 11.5 Å². The molecule has 0 saturated carbocycles. The zero-order valence-corrected chi connectivity index (χ0v) is 17.6. The summed E-state index contributed by atoms with van der Waals surface area (Å²) in [5, 5.41) is 27.8. The summed E-state index contributed by atoms with van der Waals surface area (Å²) >= 11 is 0. The summed E-state index contributed by atoms with van der Waals surface area (Å²) in [5.41, 5.74) is -20.8. The highest BCUT2D eigenvalue weighted by Gasteiger charge is 2.85. The van der Waals surface area contributed by atoms with Crippen molar-refractivity contribution in [3.05, 3.63) is 29.5 Å². The Balaban J connectivity index is 4.52. The Kier molecular flexibility index (Phi) is 8.10. The number of allylic oxidation sites excluding steroid dienone is 1. The molecule has 0 heterocycles. The van der Waals surface area contributed by atoms with Crippen LogP contribution in [-0.2, 0) is 10.1 Å². The molecule has 1 aromatic carbocycles. The molecule has 0 aliphatic heterocycles. The average molecular weight is 616 g/mol. The van der Waals surface area contributed by atoms with Crippen LogP contribution >= 0.6 is 0 Å². The van der Waals surface area contributed by atoms with Crippen molar-refractivity contribution in [2.45, 2.75) is 47.0 Å². The van der Waals surface area contributed by atoms with E-state index in [4.69, 9.17) is 4.55 Å². The molecule has 0 amide bonds. The number of halogens is 15. The highest BCUT2D eigenvalue weighted by Crippen LogP contribution is 2.59. The molecule has 0 atom stereocenters. The molecule has 7 nitrogen and oxygen atoms in total. The number of hydrogen-bond acceptors (Lipinski definition) is 6. The number of ether oxygens (including phenoxy) is 1. The van der Waals surface area contributed by atoms with Crippen LogP contribution < -0.4 is 4.74 Å². The predicted octanol–water partition coefficient (Wildman–Crippen LogP) is 4.55. The topological polar surface area (TPSA) is 124 Å². The van der Waals surface area contributed by atoms with Crippen molar-refractivity contribution in [1.29, 1.82) is 0 Å². The fraction of sp³-hybridized carbons (Fsp3) is 0.467. The molecule has 0 spiro atoms. The number of alkyl halides is 15. The molecule has 0 fully saturated rings. The minimum absolute atomic E-state index is 0.201. The first kappa shape index (κ1) is 33.4. The Hall–Kier alpha value is -2.66. The molecule has 1 aromatic rings. The lowest BCUT2D eigenvalue weighted by molar-refractivity contribution is -0.394. The second-order valence-electron chi connectivity index (χ2n) is 6.82. The molecule has 0 bridgehead atoms. The van der Waals surface area contributed by atoms with Crippen molar-refractivity contribution < 1.29 is 98.9 Å². The summed E-state index contributed by atoms with van der Waals surface area (Å²) in [6.45, 7) is 0. The van der Waals surface area contributed by atoms with Gasteiger partial charge in [0.1, 0.15) is 16.4 Å². The molecule has 1 rings (SSSR count). The third-order valence-corrected chi connectivity index (χ3v) is 5.18. The highest BCUT2D eigenvalue weighted by atomic mass is 32.2. The SMILES string of the molecule is O=S(=O)(O)c1ccc(OC(=C(C(O)(C(F)(F)F)C(F)(F)F)C(O)(C(F)(F)F)C(F)(F)F)C(F)(F)F)cc1O. The largest absolute Gasteiger partial charge is 0.506 e. The maximum Gasteiger partial charge on any atom is 0.449 e. The van der Waals surface area contributed by atoms with Crippen LogP contribution in [0, 0.1) is 0 Å². The minimum Gasteiger partial charge on any atom is -0.506 e. The summed E-state index contributed by atoms with van der Waals surface area (Å²) in [5.74, 6) is -8.61. The lowest BCUT2D eigenvalue weighted by atomic mass is 9.77. The number of phenolic OH excluding ortho intramolecular Hbond substituents is 1. The number of benzene rings is 1. The Morgan fingerprint density at radius 2 is 1.03 bits per heavy atom. The average Bonchev–Trinajstić information content (AvgIpc) is 2.61. The normalized spacial score (nSPS) is 14.9. The fourth-order valence-corrected chi connectivity index (χ4v) is 3.19. The van der Waals surface area contributed by atoms with Gasteiger partial charge in [0.15, 0.2) is 0 Å². The van der Waals surface area contributed by atoms with Gasteiger partial charge in [-0.2, -0.15) is 74.3 Å².